The van der Waals surface area contributed by atoms with Crippen LogP contribution in [-0.4, -0.2) is 45.7 Å². The average molecular weight is 554 g/mol. The van der Waals surface area contributed by atoms with Gasteiger partial charge in [-0.3, -0.25) is 14.4 Å². The molecule has 0 aromatic heterocycles. The third-order valence-electron chi connectivity index (χ3n) is 7.41. The summed E-state index contributed by atoms with van der Waals surface area (Å²) in [5, 5.41) is 9.25. The highest BCUT2D eigenvalue weighted by Crippen LogP contribution is 2.50. The third-order valence-corrected chi connectivity index (χ3v) is 7.41. The van der Waals surface area contributed by atoms with E-state index in [9.17, 15) is 14.4 Å². The lowest BCUT2D eigenvalue weighted by atomic mass is 9.95. The minimum Gasteiger partial charge on any atom is -0.493 e. The van der Waals surface area contributed by atoms with Crippen molar-refractivity contribution in [1.82, 2.24) is 10.6 Å². The van der Waals surface area contributed by atoms with E-state index in [1.165, 1.54) is 6.92 Å². The van der Waals surface area contributed by atoms with Gasteiger partial charge < -0.3 is 30.2 Å². The Kier molecular flexibility index (Phi) is 10.4. The van der Waals surface area contributed by atoms with Crippen LogP contribution in [0.1, 0.15) is 64.6 Å². The van der Waals surface area contributed by atoms with Gasteiger partial charge in [0, 0.05) is 19.0 Å². The highest BCUT2D eigenvalue weighted by molar-refractivity contribution is 5.86. The van der Waals surface area contributed by atoms with Crippen LogP contribution < -0.4 is 35.6 Å². The van der Waals surface area contributed by atoms with Crippen molar-refractivity contribution in [2.75, 3.05) is 33.2 Å². The van der Waals surface area contributed by atoms with Crippen molar-refractivity contribution in [3.63, 3.8) is 0 Å². The second-order valence-electron chi connectivity index (χ2n) is 10.7. The van der Waals surface area contributed by atoms with E-state index >= 15 is 0 Å². The zero-order valence-electron chi connectivity index (χ0n) is 24.9. The summed E-state index contributed by atoms with van der Waals surface area (Å²) in [5.41, 5.74) is 3.16. The number of benzene rings is 1. The lowest BCUT2D eigenvalue weighted by molar-refractivity contribution is -0.123. The minimum atomic E-state index is -0.587. The molecule has 3 atom stereocenters. The molecule has 3 rings (SSSR count). The summed E-state index contributed by atoms with van der Waals surface area (Å²) in [6, 6.07) is 6.04. The third kappa shape index (κ3) is 6.69. The monoisotopic (exact) mass is 553 g/mol. The molecule has 0 aliphatic heterocycles. The molecule has 0 saturated carbocycles. The molecular weight excluding hydrogens is 510 g/mol. The number of aryl methyl sites for hydroxylation is 1. The molecule has 0 fully saturated rings. The molecular formula is C31H43N3O6. The Morgan fingerprint density at radius 2 is 1.73 bits per heavy atom. The smallest absolute Gasteiger partial charge is 0.242 e. The Balaban J connectivity index is 2.24. The molecule has 0 saturated heterocycles. The number of rotatable bonds is 11. The van der Waals surface area contributed by atoms with Gasteiger partial charge in [-0.1, -0.05) is 40.2 Å². The average Bonchev–Trinajstić information content (AvgIpc) is 3.17. The molecule has 0 spiro atoms. The summed E-state index contributed by atoms with van der Waals surface area (Å²) in [4.78, 5) is 39.0. The molecule has 3 unspecified atom stereocenters. The number of carbonyl (C=O) groups is 2. The second kappa shape index (κ2) is 13.5. The number of ether oxygens (including phenoxy) is 3. The van der Waals surface area contributed by atoms with Gasteiger partial charge >= 0.3 is 0 Å². The van der Waals surface area contributed by atoms with Gasteiger partial charge in [-0.15, -0.1) is 0 Å². The first kappa shape index (κ1) is 30.8. The Labute approximate surface area is 237 Å². The van der Waals surface area contributed by atoms with Crippen molar-refractivity contribution in [2.45, 2.75) is 66.0 Å². The maximum atomic E-state index is 13.7. The lowest BCUT2D eigenvalue weighted by Crippen LogP contribution is -2.45. The van der Waals surface area contributed by atoms with Crippen LogP contribution in [0, 0.1) is 11.8 Å². The Morgan fingerprint density at radius 3 is 2.30 bits per heavy atom. The summed E-state index contributed by atoms with van der Waals surface area (Å²) < 4.78 is 17.1. The number of anilines is 1. The quantitative estimate of drug-likeness (QED) is 0.376. The molecule has 1 aliphatic rings. The fourth-order valence-electron chi connectivity index (χ4n) is 5.11. The summed E-state index contributed by atoms with van der Waals surface area (Å²) in [7, 11) is 4.68. The predicted octanol–water partition coefficient (Wildman–Crippen LogP) is 4.46. The Bertz CT molecular complexity index is 1290. The van der Waals surface area contributed by atoms with Gasteiger partial charge in [0.25, 0.3) is 0 Å². The number of amides is 2. The summed E-state index contributed by atoms with van der Waals surface area (Å²) in [6.45, 7) is 10.1. The molecule has 9 heteroatoms. The van der Waals surface area contributed by atoms with E-state index < -0.39 is 12.1 Å². The first-order valence-corrected chi connectivity index (χ1v) is 13.9. The molecule has 0 radical (unpaired) electrons. The van der Waals surface area contributed by atoms with Crippen molar-refractivity contribution < 1.29 is 23.8 Å². The summed E-state index contributed by atoms with van der Waals surface area (Å²) >= 11 is 0. The van der Waals surface area contributed by atoms with Crippen LogP contribution in [0.25, 0.3) is 11.1 Å². The van der Waals surface area contributed by atoms with Gasteiger partial charge in [0.2, 0.25) is 23.0 Å². The van der Waals surface area contributed by atoms with Crippen LogP contribution in [0.5, 0.6) is 17.2 Å². The number of nitrogens with one attached hydrogen (secondary N) is 3. The highest BCUT2D eigenvalue weighted by atomic mass is 16.5. The zero-order valence-corrected chi connectivity index (χ0v) is 24.9. The first-order valence-electron chi connectivity index (χ1n) is 13.9. The molecule has 0 heterocycles. The van der Waals surface area contributed by atoms with Gasteiger partial charge in [-0.25, -0.2) is 0 Å². The van der Waals surface area contributed by atoms with Crippen LogP contribution in [0.4, 0.5) is 5.69 Å². The van der Waals surface area contributed by atoms with E-state index in [4.69, 9.17) is 14.2 Å². The minimum absolute atomic E-state index is 0.0143. The molecule has 1 aliphatic carbocycles. The largest absolute Gasteiger partial charge is 0.493 e. The van der Waals surface area contributed by atoms with E-state index in [0.717, 1.165) is 23.1 Å². The molecule has 2 amide bonds. The van der Waals surface area contributed by atoms with Crippen molar-refractivity contribution in [2.24, 2.45) is 11.8 Å². The van der Waals surface area contributed by atoms with Gasteiger partial charge in [-0.2, -0.15) is 0 Å². The SMILES string of the molecule is CCC(C)C(Nc1ccc2c(cc1=O)C(NC(C)=O)CCc1cc(OC)c(OC)c(OC)c1-2)C(=O)NCC(C)C. The number of hydrogen-bond donors (Lipinski definition) is 3. The summed E-state index contributed by atoms with van der Waals surface area (Å²) in [5.74, 6) is 1.42. The predicted molar refractivity (Wildman–Crippen MR) is 157 cm³/mol. The van der Waals surface area contributed by atoms with E-state index in [-0.39, 0.29) is 23.2 Å². The Hall–Kier alpha value is -3.75. The van der Waals surface area contributed by atoms with Gasteiger partial charge in [0.1, 0.15) is 6.04 Å². The van der Waals surface area contributed by atoms with Crippen molar-refractivity contribution >= 4 is 17.5 Å². The van der Waals surface area contributed by atoms with Gasteiger partial charge in [0.15, 0.2) is 11.5 Å². The van der Waals surface area contributed by atoms with Crippen molar-refractivity contribution in [3.05, 3.63) is 45.6 Å². The second-order valence-corrected chi connectivity index (χ2v) is 10.7. The fourth-order valence-corrected chi connectivity index (χ4v) is 5.11. The first-order chi connectivity index (χ1) is 19.1. The van der Waals surface area contributed by atoms with E-state index in [1.54, 1.807) is 33.5 Å². The molecule has 0 bridgehead atoms. The molecule has 40 heavy (non-hydrogen) atoms. The van der Waals surface area contributed by atoms with Crippen molar-refractivity contribution in [1.29, 1.82) is 0 Å². The topological polar surface area (TPSA) is 115 Å². The lowest BCUT2D eigenvalue weighted by Gasteiger charge is -2.24. The van der Waals surface area contributed by atoms with E-state index in [0.29, 0.717) is 53.8 Å². The van der Waals surface area contributed by atoms with Crippen molar-refractivity contribution in [3.8, 4) is 28.4 Å². The molecule has 3 N–H and O–H groups in total. The molecule has 218 valence electrons. The van der Waals surface area contributed by atoms with E-state index in [1.807, 2.05) is 39.8 Å². The molecule has 9 nitrogen and oxygen atoms in total. The van der Waals surface area contributed by atoms with Crippen LogP contribution in [0.15, 0.2) is 29.1 Å². The van der Waals surface area contributed by atoms with Gasteiger partial charge in [0.05, 0.1) is 33.1 Å². The Morgan fingerprint density at radius 1 is 1.02 bits per heavy atom. The number of carbonyl (C=O) groups excluding carboxylic acids is 2. The summed E-state index contributed by atoms with van der Waals surface area (Å²) in [6.07, 6.45) is 1.94. The van der Waals surface area contributed by atoms with Crippen LogP contribution >= 0.6 is 0 Å². The highest BCUT2D eigenvalue weighted by Gasteiger charge is 2.30. The number of hydrogen-bond acceptors (Lipinski definition) is 7. The molecule has 2 aromatic rings. The normalized spacial score (nSPS) is 15.6. The number of methoxy groups -OCH3 is 3. The molecule has 2 aromatic carbocycles. The maximum absolute atomic E-state index is 13.7. The zero-order chi connectivity index (χ0) is 29.6. The van der Waals surface area contributed by atoms with Crippen LogP contribution in [0.3, 0.4) is 0 Å². The van der Waals surface area contributed by atoms with E-state index in [2.05, 4.69) is 16.0 Å². The standard InChI is InChI=1S/C31H43N3O6/c1-9-18(4)28(31(37)32-16-17(2)3)34-24-13-11-21-22(15-25(24)36)23(33-19(5)35)12-10-20-14-26(38-6)29(39-7)30(40-8)27(20)21/h11,13-15,17-18,23,28H,9-10,12,16H2,1-8H3,(H,32,37)(H,33,35)(H,34,36). The van der Waals surface area contributed by atoms with Crippen LogP contribution in [-0.2, 0) is 16.0 Å². The van der Waals surface area contributed by atoms with Gasteiger partial charge in [-0.05, 0) is 59.6 Å². The number of fused-ring (bicyclic) bond motifs is 3. The van der Waals surface area contributed by atoms with Crippen LogP contribution in [0.2, 0.25) is 0 Å². The maximum Gasteiger partial charge on any atom is 0.242 e. The fraction of sp³-hybridized carbons (Fsp3) is 0.516.